The first-order chi connectivity index (χ1) is 7.84. The van der Waals surface area contributed by atoms with Crippen LogP contribution in [0.5, 0.6) is 0 Å². The fourth-order valence-electron chi connectivity index (χ4n) is 1.37. The van der Waals surface area contributed by atoms with Crippen LogP contribution in [0.4, 0.5) is 0 Å². The highest BCUT2D eigenvalue weighted by Gasteiger charge is 2.14. The summed E-state index contributed by atoms with van der Waals surface area (Å²) in [6, 6.07) is 0.181. The molecule has 0 aromatic rings. The number of likely N-dealkylation sites (N-methyl/N-ethyl adjacent to an activating group) is 1. The lowest BCUT2D eigenvalue weighted by molar-refractivity contribution is -0.132. The van der Waals surface area contributed by atoms with Gasteiger partial charge in [0, 0.05) is 26.1 Å². The van der Waals surface area contributed by atoms with Gasteiger partial charge >= 0.3 is 0 Å². The highest BCUT2D eigenvalue weighted by Crippen LogP contribution is 2.08. The van der Waals surface area contributed by atoms with Gasteiger partial charge in [-0.05, 0) is 19.8 Å². The van der Waals surface area contributed by atoms with Gasteiger partial charge in [-0.3, -0.25) is 9.59 Å². The normalized spacial score (nSPS) is 13.9. The van der Waals surface area contributed by atoms with Crippen molar-refractivity contribution in [2.24, 2.45) is 11.7 Å². The minimum Gasteiger partial charge on any atom is -0.347 e. The number of nitrogens with zero attached hydrogens (tertiary/aromatic N) is 1. The van der Waals surface area contributed by atoms with Gasteiger partial charge in [-0.15, -0.1) is 0 Å². The van der Waals surface area contributed by atoms with Gasteiger partial charge in [0.1, 0.15) is 0 Å². The molecule has 2 amide bonds. The quantitative estimate of drug-likeness (QED) is 0.677. The first kappa shape index (κ1) is 15.9. The Kier molecular flexibility index (Phi) is 7.54. The second-order valence-electron chi connectivity index (χ2n) is 4.82. The Morgan fingerprint density at radius 1 is 1.24 bits per heavy atom. The zero-order valence-corrected chi connectivity index (χ0v) is 11.3. The summed E-state index contributed by atoms with van der Waals surface area (Å²) in [5, 5.41) is 2.64. The molecule has 0 spiro atoms. The van der Waals surface area contributed by atoms with Crippen LogP contribution in [0, 0.1) is 5.92 Å². The van der Waals surface area contributed by atoms with Gasteiger partial charge in [0.2, 0.25) is 11.8 Å². The highest BCUT2D eigenvalue weighted by atomic mass is 16.2. The molecular formula is C12H25N3O2. The maximum atomic E-state index is 11.6. The van der Waals surface area contributed by atoms with E-state index in [9.17, 15) is 9.59 Å². The molecular weight excluding hydrogens is 218 g/mol. The van der Waals surface area contributed by atoms with Crippen LogP contribution in [0.25, 0.3) is 0 Å². The first-order valence-corrected chi connectivity index (χ1v) is 6.08. The maximum absolute atomic E-state index is 11.6. The van der Waals surface area contributed by atoms with Crippen LogP contribution in [0.1, 0.15) is 33.1 Å². The molecule has 0 heterocycles. The third-order valence-electron chi connectivity index (χ3n) is 2.66. The third-order valence-corrected chi connectivity index (χ3v) is 2.66. The molecule has 0 aliphatic heterocycles. The smallest absolute Gasteiger partial charge is 0.241 e. The largest absolute Gasteiger partial charge is 0.347 e. The maximum Gasteiger partial charge on any atom is 0.241 e. The highest BCUT2D eigenvalue weighted by molar-refractivity contribution is 5.85. The van der Waals surface area contributed by atoms with Crippen molar-refractivity contribution in [3.63, 3.8) is 0 Å². The summed E-state index contributed by atoms with van der Waals surface area (Å²) < 4.78 is 0. The van der Waals surface area contributed by atoms with Gasteiger partial charge in [-0.1, -0.05) is 13.3 Å². The number of hydrogen-bond acceptors (Lipinski definition) is 3. The molecule has 2 unspecified atom stereocenters. The molecule has 3 N–H and O–H groups in total. The van der Waals surface area contributed by atoms with Crippen LogP contribution in [0.15, 0.2) is 0 Å². The Bertz CT molecular complexity index is 252. The average Bonchev–Trinajstić information content (AvgIpc) is 2.24. The van der Waals surface area contributed by atoms with Gasteiger partial charge in [0.15, 0.2) is 0 Å². The molecule has 2 atom stereocenters. The van der Waals surface area contributed by atoms with E-state index < -0.39 is 0 Å². The minimum atomic E-state index is -0.0962. The minimum absolute atomic E-state index is 0.0649. The molecule has 100 valence electrons. The lowest BCUT2D eigenvalue weighted by Gasteiger charge is -2.14. The first-order valence-electron chi connectivity index (χ1n) is 6.08. The van der Waals surface area contributed by atoms with E-state index in [0.717, 1.165) is 19.3 Å². The summed E-state index contributed by atoms with van der Waals surface area (Å²) in [7, 11) is 3.33. The summed E-state index contributed by atoms with van der Waals surface area (Å²) in [4.78, 5) is 24.4. The van der Waals surface area contributed by atoms with Gasteiger partial charge < -0.3 is 16.0 Å². The topological polar surface area (TPSA) is 75.4 Å². The number of nitrogens with two attached hydrogens (primary N) is 1. The fraction of sp³-hybridized carbons (Fsp3) is 0.833. The molecule has 17 heavy (non-hydrogen) atoms. The summed E-state index contributed by atoms with van der Waals surface area (Å²) in [6.07, 6.45) is 2.67. The number of carbonyl (C=O) groups is 2. The second kappa shape index (κ2) is 8.06. The zero-order chi connectivity index (χ0) is 13.4. The molecule has 0 aromatic heterocycles. The van der Waals surface area contributed by atoms with Crippen molar-refractivity contribution in [2.45, 2.75) is 39.2 Å². The average molecular weight is 243 g/mol. The summed E-state index contributed by atoms with van der Waals surface area (Å²) in [6.45, 7) is 3.90. The third kappa shape index (κ3) is 7.74. The Hall–Kier alpha value is -1.10. The van der Waals surface area contributed by atoms with Crippen molar-refractivity contribution in [2.75, 3.05) is 20.6 Å². The summed E-state index contributed by atoms with van der Waals surface area (Å²) in [5.74, 6) is -0.227. The molecule has 0 bridgehead atoms. The van der Waals surface area contributed by atoms with E-state index in [1.54, 1.807) is 14.1 Å². The lowest BCUT2D eigenvalue weighted by Crippen LogP contribution is -2.38. The number of rotatable bonds is 7. The Morgan fingerprint density at radius 3 is 2.29 bits per heavy atom. The molecule has 0 aromatic carbocycles. The molecule has 0 radical (unpaired) electrons. The van der Waals surface area contributed by atoms with Crippen LogP contribution >= 0.6 is 0 Å². The second-order valence-corrected chi connectivity index (χ2v) is 4.82. The van der Waals surface area contributed by atoms with Crippen molar-refractivity contribution in [3.05, 3.63) is 0 Å². The number of amides is 2. The van der Waals surface area contributed by atoms with Crippen molar-refractivity contribution < 1.29 is 9.59 Å². The molecule has 5 nitrogen and oxygen atoms in total. The SMILES string of the molecule is CC(N)CCCC(C)C(=O)NCC(=O)N(C)C. The van der Waals surface area contributed by atoms with Crippen LogP contribution < -0.4 is 11.1 Å². The molecule has 0 saturated heterocycles. The van der Waals surface area contributed by atoms with Crippen molar-refractivity contribution in [1.82, 2.24) is 10.2 Å². The van der Waals surface area contributed by atoms with E-state index >= 15 is 0 Å². The number of carbonyl (C=O) groups excluding carboxylic acids is 2. The van der Waals surface area contributed by atoms with Crippen LogP contribution in [-0.2, 0) is 9.59 Å². The van der Waals surface area contributed by atoms with Gasteiger partial charge in [0.05, 0.1) is 6.54 Å². The molecule has 0 saturated carbocycles. The van der Waals surface area contributed by atoms with E-state index in [-0.39, 0.29) is 30.3 Å². The summed E-state index contributed by atoms with van der Waals surface area (Å²) >= 11 is 0. The predicted molar refractivity (Wildman–Crippen MR) is 68.4 cm³/mol. The number of nitrogens with one attached hydrogen (secondary N) is 1. The van der Waals surface area contributed by atoms with Gasteiger partial charge in [-0.25, -0.2) is 0 Å². The van der Waals surface area contributed by atoms with Crippen molar-refractivity contribution >= 4 is 11.8 Å². The van der Waals surface area contributed by atoms with Crippen molar-refractivity contribution in [1.29, 1.82) is 0 Å². The molecule has 0 rings (SSSR count). The van der Waals surface area contributed by atoms with E-state index in [4.69, 9.17) is 5.73 Å². The molecule has 5 heteroatoms. The molecule has 0 aliphatic rings. The van der Waals surface area contributed by atoms with Crippen LogP contribution in [0.2, 0.25) is 0 Å². The van der Waals surface area contributed by atoms with E-state index in [1.807, 2.05) is 13.8 Å². The predicted octanol–water partition coefficient (Wildman–Crippen LogP) is 0.344. The number of hydrogen-bond donors (Lipinski definition) is 2. The Balaban J connectivity index is 3.78. The fourth-order valence-corrected chi connectivity index (χ4v) is 1.37. The zero-order valence-electron chi connectivity index (χ0n) is 11.3. The lowest BCUT2D eigenvalue weighted by atomic mass is 10.0. The van der Waals surface area contributed by atoms with Gasteiger partial charge in [0.25, 0.3) is 0 Å². The van der Waals surface area contributed by atoms with E-state index in [2.05, 4.69) is 5.32 Å². The molecule has 0 aliphatic carbocycles. The van der Waals surface area contributed by atoms with E-state index in [0.29, 0.717) is 0 Å². The van der Waals surface area contributed by atoms with Gasteiger partial charge in [-0.2, -0.15) is 0 Å². The van der Waals surface area contributed by atoms with Crippen molar-refractivity contribution in [3.8, 4) is 0 Å². The summed E-state index contributed by atoms with van der Waals surface area (Å²) in [5.41, 5.74) is 5.64. The standard InChI is InChI=1S/C12H25N3O2/c1-9(6-5-7-10(2)13)12(17)14-8-11(16)15(3)4/h9-10H,5-8,13H2,1-4H3,(H,14,17). The monoisotopic (exact) mass is 243 g/mol. The Labute approximate surface area is 104 Å². The molecule has 0 fully saturated rings. The Morgan fingerprint density at radius 2 is 1.82 bits per heavy atom. The van der Waals surface area contributed by atoms with Crippen LogP contribution in [-0.4, -0.2) is 43.4 Å². The van der Waals surface area contributed by atoms with E-state index in [1.165, 1.54) is 4.90 Å². The van der Waals surface area contributed by atoms with Crippen LogP contribution in [0.3, 0.4) is 0 Å².